The molecule has 23 heavy (non-hydrogen) atoms. The van der Waals surface area contributed by atoms with Crippen molar-refractivity contribution in [2.45, 2.75) is 37.5 Å². The standard InChI is InChI=1S/C16H23ClN2O2S.ClH/c1-4-22-11-6-5-10(7-11)19(2)16(20)12-8-13(17)14(18)9-15(12)21-3;/h8-11H,4-7,18H2,1-3H3;1H. The number of amides is 1. The number of benzene rings is 1. The Morgan fingerprint density at radius 1 is 1.48 bits per heavy atom. The Morgan fingerprint density at radius 2 is 2.17 bits per heavy atom. The van der Waals surface area contributed by atoms with Crippen molar-refractivity contribution >= 4 is 47.4 Å². The molecule has 0 radical (unpaired) electrons. The first-order valence-electron chi connectivity index (χ1n) is 7.49. The summed E-state index contributed by atoms with van der Waals surface area (Å²) >= 11 is 8.04. The summed E-state index contributed by atoms with van der Waals surface area (Å²) in [5.41, 5.74) is 6.66. The maximum atomic E-state index is 12.8. The maximum absolute atomic E-state index is 12.8. The van der Waals surface area contributed by atoms with E-state index in [1.54, 1.807) is 12.1 Å². The fourth-order valence-corrected chi connectivity index (χ4v) is 4.21. The van der Waals surface area contributed by atoms with Crippen LogP contribution in [0.15, 0.2) is 12.1 Å². The Labute approximate surface area is 153 Å². The third kappa shape index (κ3) is 4.61. The van der Waals surface area contributed by atoms with Crippen molar-refractivity contribution in [3.05, 3.63) is 22.7 Å². The van der Waals surface area contributed by atoms with Crippen LogP contribution in [0.1, 0.15) is 36.5 Å². The maximum Gasteiger partial charge on any atom is 0.257 e. The zero-order valence-corrected chi connectivity index (χ0v) is 16.1. The van der Waals surface area contributed by atoms with Gasteiger partial charge in [-0.25, -0.2) is 0 Å². The van der Waals surface area contributed by atoms with Gasteiger partial charge >= 0.3 is 0 Å². The van der Waals surface area contributed by atoms with E-state index in [2.05, 4.69) is 6.92 Å². The molecule has 1 aliphatic rings. The molecule has 2 unspecified atom stereocenters. The van der Waals surface area contributed by atoms with Crippen LogP contribution in [-0.2, 0) is 0 Å². The topological polar surface area (TPSA) is 55.6 Å². The minimum atomic E-state index is -0.0640. The average Bonchev–Trinajstić information content (AvgIpc) is 2.97. The smallest absolute Gasteiger partial charge is 0.257 e. The molecule has 0 spiro atoms. The molecular weight excluding hydrogens is 355 g/mol. The van der Waals surface area contributed by atoms with E-state index in [4.69, 9.17) is 22.1 Å². The molecule has 0 saturated heterocycles. The summed E-state index contributed by atoms with van der Waals surface area (Å²) in [4.78, 5) is 14.6. The van der Waals surface area contributed by atoms with Crippen LogP contribution >= 0.6 is 35.8 Å². The quantitative estimate of drug-likeness (QED) is 0.783. The lowest BCUT2D eigenvalue weighted by atomic mass is 10.1. The van der Waals surface area contributed by atoms with Gasteiger partial charge in [-0.1, -0.05) is 18.5 Å². The van der Waals surface area contributed by atoms with E-state index in [9.17, 15) is 4.79 Å². The number of hydrogen-bond donors (Lipinski definition) is 1. The number of methoxy groups -OCH3 is 1. The van der Waals surface area contributed by atoms with E-state index < -0.39 is 0 Å². The number of nitrogen functional groups attached to an aromatic ring is 1. The van der Waals surface area contributed by atoms with Crippen molar-refractivity contribution in [2.24, 2.45) is 0 Å². The second-order valence-corrected chi connectivity index (χ2v) is 7.52. The van der Waals surface area contributed by atoms with E-state index >= 15 is 0 Å². The Hall–Kier alpha value is -0.780. The second kappa shape index (κ2) is 8.90. The average molecular weight is 379 g/mol. The highest BCUT2D eigenvalue weighted by Crippen LogP contribution is 2.34. The second-order valence-electron chi connectivity index (χ2n) is 5.53. The van der Waals surface area contributed by atoms with Crippen LogP contribution in [0.3, 0.4) is 0 Å². The summed E-state index contributed by atoms with van der Waals surface area (Å²) in [6.07, 6.45) is 3.26. The van der Waals surface area contributed by atoms with Gasteiger partial charge in [0.05, 0.1) is 23.4 Å². The number of ether oxygens (including phenoxy) is 1. The lowest BCUT2D eigenvalue weighted by Gasteiger charge is -2.25. The summed E-state index contributed by atoms with van der Waals surface area (Å²) in [6, 6.07) is 3.48. The first kappa shape index (κ1) is 20.3. The molecule has 130 valence electrons. The summed E-state index contributed by atoms with van der Waals surface area (Å²) in [6.45, 7) is 2.17. The number of rotatable bonds is 5. The zero-order chi connectivity index (χ0) is 16.3. The van der Waals surface area contributed by atoms with Crippen molar-refractivity contribution in [1.82, 2.24) is 4.90 Å². The molecule has 1 fully saturated rings. The molecule has 0 bridgehead atoms. The normalized spacial score (nSPS) is 20.0. The van der Waals surface area contributed by atoms with Gasteiger partial charge in [-0.05, 0) is 31.1 Å². The van der Waals surface area contributed by atoms with Gasteiger partial charge in [0, 0.05) is 24.4 Å². The lowest BCUT2D eigenvalue weighted by molar-refractivity contribution is 0.0732. The van der Waals surface area contributed by atoms with Crippen molar-refractivity contribution in [2.75, 3.05) is 25.6 Å². The van der Waals surface area contributed by atoms with E-state index in [0.29, 0.717) is 27.3 Å². The summed E-state index contributed by atoms with van der Waals surface area (Å²) in [5.74, 6) is 1.53. The number of nitrogens with two attached hydrogens (primary N) is 1. The van der Waals surface area contributed by atoms with Crippen molar-refractivity contribution in [3.63, 3.8) is 0 Å². The highest BCUT2D eigenvalue weighted by molar-refractivity contribution is 7.99. The van der Waals surface area contributed by atoms with E-state index in [-0.39, 0.29) is 24.4 Å². The van der Waals surface area contributed by atoms with Crippen LogP contribution in [-0.4, -0.2) is 42.0 Å². The predicted molar refractivity (Wildman–Crippen MR) is 101 cm³/mol. The van der Waals surface area contributed by atoms with Crippen molar-refractivity contribution < 1.29 is 9.53 Å². The molecule has 2 N–H and O–H groups in total. The molecule has 0 aromatic heterocycles. The van der Waals surface area contributed by atoms with Gasteiger partial charge in [0.15, 0.2) is 0 Å². The molecule has 1 aliphatic carbocycles. The third-order valence-corrected chi connectivity index (χ3v) is 5.74. The van der Waals surface area contributed by atoms with Gasteiger partial charge < -0.3 is 15.4 Å². The van der Waals surface area contributed by atoms with Crippen molar-refractivity contribution in [3.8, 4) is 5.75 Å². The largest absolute Gasteiger partial charge is 0.496 e. The highest BCUT2D eigenvalue weighted by atomic mass is 35.5. The van der Waals surface area contributed by atoms with Crippen LogP contribution in [0.2, 0.25) is 5.02 Å². The molecule has 1 aromatic carbocycles. The van der Waals surface area contributed by atoms with Gasteiger partial charge in [0.2, 0.25) is 0 Å². The number of carbonyl (C=O) groups is 1. The summed E-state index contributed by atoms with van der Waals surface area (Å²) in [7, 11) is 3.39. The SMILES string of the molecule is CCSC1CCC(N(C)C(=O)c2cc(Cl)c(N)cc2OC)C1.Cl. The van der Waals surface area contributed by atoms with Crippen LogP contribution in [0, 0.1) is 0 Å². The fourth-order valence-electron chi connectivity index (χ4n) is 2.92. The molecule has 1 aromatic rings. The van der Waals surface area contributed by atoms with E-state index in [1.165, 1.54) is 13.5 Å². The monoisotopic (exact) mass is 378 g/mol. The number of carbonyl (C=O) groups excluding carboxylic acids is 1. The molecule has 1 amide bonds. The van der Waals surface area contributed by atoms with Crippen molar-refractivity contribution in [1.29, 1.82) is 0 Å². The minimum absolute atomic E-state index is 0. The molecule has 4 nitrogen and oxygen atoms in total. The van der Waals surface area contributed by atoms with Crippen LogP contribution in [0.5, 0.6) is 5.75 Å². The number of thioether (sulfide) groups is 1. The Bertz CT molecular complexity index is 557. The molecule has 1 saturated carbocycles. The van der Waals surface area contributed by atoms with Gasteiger partial charge in [0.1, 0.15) is 5.75 Å². The fraction of sp³-hybridized carbons (Fsp3) is 0.562. The highest BCUT2D eigenvalue weighted by Gasteiger charge is 2.31. The number of nitrogens with zero attached hydrogens (tertiary/aromatic N) is 1. The predicted octanol–water partition coefficient (Wildman–Crippen LogP) is 4.10. The lowest BCUT2D eigenvalue weighted by Crippen LogP contribution is -2.35. The molecular formula is C16H24Cl2N2O2S. The minimum Gasteiger partial charge on any atom is -0.496 e. The Morgan fingerprint density at radius 3 is 2.78 bits per heavy atom. The van der Waals surface area contributed by atoms with Crippen LogP contribution in [0.25, 0.3) is 0 Å². The number of halogens is 2. The molecule has 2 atom stereocenters. The molecule has 0 aliphatic heterocycles. The van der Waals surface area contributed by atoms with E-state index in [0.717, 1.165) is 18.6 Å². The number of hydrogen-bond acceptors (Lipinski definition) is 4. The van der Waals surface area contributed by atoms with Gasteiger partial charge in [0.25, 0.3) is 5.91 Å². The summed E-state index contributed by atoms with van der Waals surface area (Å²) in [5, 5.41) is 1.03. The first-order valence-corrected chi connectivity index (χ1v) is 8.92. The number of anilines is 1. The van der Waals surface area contributed by atoms with Crippen LogP contribution < -0.4 is 10.5 Å². The summed E-state index contributed by atoms with van der Waals surface area (Å²) < 4.78 is 5.28. The van der Waals surface area contributed by atoms with Gasteiger partial charge in [-0.2, -0.15) is 11.8 Å². The molecule has 7 heteroatoms. The van der Waals surface area contributed by atoms with Gasteiger partial charge in [-0.15, -0.1) is 12.4 Å². The van der Waals surface area contributed by atoms with Crippen LogP contribution in [0.4, 0.5) is 5.69 Å². The third-order valence-electron chi connectivity index (χ3n) is 4.18. The molecule has 0 heterocycles. The van der Waals surface area contributed by atoms with E-state index in [1.807, 2.05) is 23.7 Å². The Balaban J connectivity index is 0.00000264. The Kier molecular flexibility index (Phi) is 7.84. The first-order chi connectivity index (χ1) is 10.5. The van der Waals surface area contributed by atoms with Gasteiger partial charge in [-0.3, -0.25) is 4.79 Å². The molecule has 2 rings (SSSR count). The zero-order valence-electron chi connectivity index (χ0n) is 13.7.